The quantitative estimate of drug-likeness (QED) is 0.275. The van der Waals surface area contributed by atoms with Gasteiger partial charge in [-0.25, -0.2) is 16.0 Å². The third-order valence-corrected chi connectivity index (χ3v) is 0.816. The van der Waals surface area contributed by atoms with Crippen LogP contribution in [0.15, 0.2) is 12.3 Å². The van der Waals surface area contributed by atoms with Gasteiger partial charge in [0.15, 0.2) is 0 Å². The van der Waals surface area contributed by atoms with E-state index in [1.54, 1.807) is 6.92 Å². The monoisotopic (exact) mass is 213 g/mol. The maximum Gasteiger partial charge on any atom is 2.00 e. The molecule has 0 saturated heterocycles. The molecule has 0 spiro atoms. The SMILES string of the molecule is Cc1[c-]cnc(F)c1.[Br-].[Mg+2]. The number of aryl methyl sites for hydroxylation is 1. The maximum atomic E-state index is 12.0. The van der Waals surface area contributed by atoms with Crippen molar-refractivity contribution in [3.05, 3.63) is 29.8 Å². The van der Waals surface area contributed by atoms with Crippen LogP contribution in [0, 0.1) is 18.9 Å². The Morgan fingerprint density at radius 2 is 2.20 bits per heavy atom. The number of hydrogen-bond acceptors (Lipinski definition) is 1. The third kappa shape index (κ3) is 4.19. The average Bonchev–Trinajstić information content (AvgIpc) is 1.64. The second-order valence-electron chi connectivity index (χ2n) is 1.55. The molecule has 0 N–H and O–H groups in total. The van der Waals surface area contributed by atoms with E-state index in [9.17, 15) is 4.39 Å². The van der Waals surface area contributed by atoms with Crippen LogP contribution in [0.4, 0.5) is 4.39 Å². The van der Waals surface area contributed by atoms with E-state index in [2.05, 4.69) is 11.1 Å². The Labute approximate surface area is 86.0 Å². The maximum absolute atomic E-state index is 12.0. The van der Waals surface area contributed by atoms with Crippen LogP contribution in [0.2, 0.25) is 0 Å². The molecular weight excluding hydrogens is 209 g/mol. The van der Waals surface area contributed by atoms with Crippen LogP contribution in [0.1, 0.15) is 5.56 Å². The van der Waals surface area contributed by atoms with Gasteiger partial charge in [-0.15, -0.1) is 0 Å². The van der Waals surface area contributed by atoms with Crippen LogP contribution >= 0.6 is 0 Å². The molecule has 0 radical (unpaired) electrons. The molecule has 1 rings (SSSR count). The zero-order valence-electron chi connectivity index (χ0n) is 5.56. The van der Waals surface area contributed by atoms with Crippen LogP contribution < -0.4 is 17.0 Å². The topological polar surface area (TPSA) is 12.9 Å². The van der Waals surface area contributed by atoms with Crippen LogP contribution in [0.3, 0.4) is 0 Å². The molecule has 0 aliphatic heterocycles. The second kappa shape index (κ2) is 6.06. The van der Waals surface area contributed by atoms with Crippen molar-refractivity contribution in [1.29, 1.82) is 0 Å². The number of hydrogen-bond donors (Lipinski definition) is 0. The third-order valence-electron chi connectivity index (χ3n) is 0.816. The summed E-state index contributed by atoms with van der Waals surface area (Å²) in [6.07, 6.45) is 1.32. The van der Waals surface area contributed by atoms with Crippen molar-refractivity contribution in [2.24, 2.45) is 0 Å². The molecule has 1 nitrogen and oxygen atoms in total. The van der Waals surface area contributed by atoms with E-state index >= 15 is 0 Å². The summed E-state index contributed by atoms with van der Waals surface area (Å²) in [6, 6.07) is 4.05. The van der Waals surface area contributed by atoms with Gasteiger partial charge in [-0.05, 0) is 0 Å². The Balaban J connectivity index is 0. The largest absolute Gasteiger partial charge is 2.00 e. The minimum atomic E-state index is -0.443. The summed E-state index contributed by atoms with van der Waals surface area (Å²) in [5.74, 6) is -0.443. The first-order valence-corrected chi connectivity index (χ1v) is 2.29. The van der Waals surface area contributed by atoms with Crippen LogP contribution in [0.5, 0.6) is 0 Å². The molecule has 0 bridgehead atoms. The van der Waals surface area contributed by atoms with E-state index in [0.717, 1.165) is 5.56 Å². The Kier molecular flexibility index (Phi) is 7.86. The predicted octanol–water partition coefficient (Wildman–Crippen LogP) is -2.05. The normalized spacial score (nSPS) is 7.40. The minimum Gasteiger partial charge on any atom is -1.00 e. The summed E-state index contributed by atoms with van der Waals surface area (Å²) in [5, 5.41) is 0. The molecule has 0 saturated carbocycles. The Morgan fingerprint density at radius 1 is 1.60 bits per heavy atom. The number of nitrogens with zero attached hydrogens (tertiary/aromatic N) is 1. The molecule has 0 aliphatic carbocycles. The van der Waals surface area contributed by atoms with Crippen molar-refractivity contribution in [1.82, 2.24) is 4.98 Å². The first-order chi connectivity index (χ1) is 3.79. The van der Waals surface area contributed by atoms with E-state index < -0.39 is 5.95 Å². The molecule has 0 fully saturated rings. The average molecular weight is 214 g/mol. The van der Waals surface area contributed by atoms with Gasteiger partial charge in [-0.1, -0.05) is 13.1 Å². The van der Waals surface area contributed by atoms with E-state index in [1.165, 1.54) is 12.3 Å². The fraction of sp³-hybridized carbons (Fsp3) is 0.167. The molecule has 10 heavy (non-hydrogen) atoms. The van der Waals surface area contributed by atoms with Gasteiger partial charge >= 0.3 is 23.1 Å². The molecule has 50 valence electrons. The fourth-order valence-electron chi connectivity index (χ4n) is 0.453. The summed E-state index contributed by atoms with van der Waals surface area (Å²) in [4.78, 5) is 3.32. The summed E-state index contributed by atoms with van der Waals surface area (Å²) < 4.78 is 12.0. The number of aromatic nitrogens is 1. The molecule has 0 aliphatic rings. The molecule has 0 aromatic carbocycles. The van der Waals surface area contributed by atoms with Crippen molar-refractivity contribution in [3.8, 4) is 0 Å². The van der Waals surface area contributed by atoms with Crippen molar-refractivity contribution in [2.75, 3.05) is 0 Å². The zero-order valence-corrected chi connectivity index (χ0v) is 8.57. The summed E-state index contributed by atoms with van der Waals surface area (Å²) in [5.41, 5.74) is 0.775. The Morgan fingerprint density at radius 3 is 2.50 bits per heavy atom. The standard InChI is InChI=1S/C6H5FN.BrH.Mg/c1-5-2-3-8-6(7)4-5;;/h3-4H,1H3;1H;/q-1;;+2/p-1. The van der Waals surface area contributed by atoms with E-state index in [4.69, 9.17) is 0 Å². The van der Waals surface area contributed by atoms with Crippen molar-refractivity contribution >= 4 is 23.1 Å². The molecule has 4 heteroatoms. The van der Waals surface area contributed by atoms with Crippen LogP contribution in [-0.4, -0.2) is 28.0 Å². The van der Waals surface area contributed by atoms with E-state index in [0.29, 0.717) is 0 Å². The molecule has 0 atom stereocenters. The van der Waals surface area contributed by atoms with E-state index in [1.807, 2.05) is 0 Å². The first kappa shape index (κ1) is 13.0. The Hall–Kier alpha value is 0.326. The number of pyridine rings is 1. The van der Waals surface area contributed by atoms with Gasteiger partial charge in [-0.3, -0.25) is 4.98 Å². The predicted molar refractivity (Wildman–Crippen MR) is 33.5 cm³/mol. The first-order valence-electron chi connectivity index (χ1n) is 2.29. The van der Waals surface area contributed by atoms with Gasteiger partial charge in [0.1, 0.15) is 5.95 Å². The zero-order chi connectivity index (χ0) is 5.98. The van der Waals surface area contributed by atoms with Crippen LogP contribution in [0.25, 0.3) is 0 Å². The molecule has 1 aromatic rings. The molecule has 1 aromatic heterocycles. The van der Waals surface area contributed by atoms with Gasteiger partial charge in [0.2, 0.25) is 0 Å². The van der Waals surface area contributed by atoms with Crippen molar-refractivity contribution in [2.45, 2.75) is 6.92 Å². The van der Waals surface area contributed by atoms with Gasteiger partial charge in [0, 0.05) is 0 Å². The molecule has 0 amide bonds. The minimum absolute atomic E-state index is 0. The van der Waals surface area contributed by atoms with Gasteiger partial charge < -0.3 is 17.0 Å². The number of halogens is 2. The molecular formula is C6H5BrFMgN. The Bertz CT molecular complexity index is 178. The smallest absolute Gasteiger partial charge is 1.00 e. The second-order valence-corrected chi connectivity index (χ2v) is 1.55. The summed E-state index contributed by atoms with van der Waals surface area (Å²) in [6.45, 7) is 1.77. The van der Waals surface area contributed by atoms with Crippen molar-refractivity contribution < 1.29 is 21.4 Å². The van der Waals surface area contributed by atoms with Gasteiger partial charge in [0.25, 0.3) is 0 Å². The van der Waals surface area contributed by atoms with E-state index in [-0.39, 0.29) is 40.0 Å². The fourth-order valence-corrected chi connectivity index (χ4v) is 0.453. The number of rotatable bonds is 0. The van der Waals surface area contributed by atoms with Gasteiger partial charge in [0.05, 0.1) is 0 Å². The summed E-state index contributed by atoms with van der Waals surface area (Å²) >= 11 is 0. The molecule has 1 heterocycles. The summed E-state index contributed by atoms with van der Waals surface area (Å²) in [7, 11) is 0. The molecule has 0 unspecified atom stereocenters. The van der Waals surface area contributed by atoms with Crippen LogP contribution in [-0.2, 0) is 0 Å². The van der Waals surface area contributed by atoms with Gasteiger partial charge in [-0.2, -0.15) is 6.07 Å². The van der Waals surface area contributed by atoms with Crippen molar-refractivity contribution in [3.63, 3.8) is 0 Å².